The summed E-state index contributed by atoms with van der Waals surface area (Å²) in [5.41, 5.74) is 2.25. The molecule has 0 unspecified atom stereocenters. The monoisotopic (exact) mass is 362 g/mol. The first-order valence-electron chi connectivity index (χ1n) is 8.59. The van der Waals surface area contributed by atoms with Crippen LogP contribution in [0.3, 0.4) is 0 Å². The average molecular weight is 362 g/mol. The van der Waals surface area contributed by atoms with E-state index in [-0.39, 0.29) is 18.4 Å². The van der Waals surface area contributed by atoms with Gasteiger partial charge in [-0.2, -0.15) is 0 Å². The van der Waals surface area contributed by atoms with Crippen LogP contribution in [0.1, 0.15) is 16.1 Å². The topological polar surface area (TPSA) is 85.4 Å². The van der Waals surface area contributed by atoms with Crippen molar-refractivity contribution in [2.45, 2.75) is 6.42 Å². The molecular formula is C20H18N4O3. The van der Waals surface area contributed by atoms with Gasteiger partial charge in [-0.25, -0.2) is 9.97 Å². The molecule has 2 aromatic carbocycles. The van der Waals surface area contributed by atoms with Gasteiger partial charge >= 0.3 is 0 Å². The fourth-order valence-electron chi connectivity index (χ4n) is 2.69. The molecule has 0 atom stereocenters. The van der Waals surface area contributed by atoms with Gasteiger partial charge in [0.25, 0.3) is 5.91 Å². The van der Waals surface area contributed by atoms with Crippen molar-refractivity contribution in [2.75, 3.05) is 18.7 Å². The minimum Gasteiger partial charge on any atom is -0.454 e. The van der Waals surface area contributed by atoms with E-state index in [1.54, 1.807) is 0 Å². The molecule has 4 rings (SSSR count). The molecule has 0 saturated heterocycles. The van der Waals surface area contributed by atoms with E-state index < -0.39 is 0 Å². The molecule has 1 aliphatic heterocycles. The smallest absolute Gasteiger partial charge is 0.271 e. The minimum atomic E-state index is -0.243. The Morgan fingerprint density at radius 3 is 2.67 bits per heavy atom. The van der Waals surface area contributed by atoms with Crippen molar-refractivity contribution in [2.24, 2.45) is 0 Å². The molecule has 3 aromatic rings. The lowest BCUT2D eigenvalue weighted by atomic mass is 10.1. The average Bonchev–Trinajstić information content (AvgIpc) is 3.17. The number of fused-ring (bicyclic) bond motifs is 1. The van der Waals surface area contributed by atoms with E-state index in [4.69, 9.17) is 9.47 Å². The number of benzene rings is 2. The van der Waals surface area contributed by atoms with E-state index in [0.29, 0.717) is 23.9 Å². The van der Waals surface area contributed by atoms with Crippen molar-refractivity contribution in [1.29, 1.82) is 0 Å². The Bertz CT molecular complexity index is 930. The Labute approximate surface area is 156 Å². The van der Waals surface area contributed by atoms with E-state index in [1.807, 2.05) is 48.5 Å². The number of amides is 1. The van der Waals surface area contributed by atoms with Gasteiger partial charge in [-0.1, -0.05) is 30.3 Å². The summed E-state index contributed by atoms with van der Waals surface area (Å²) in [7, 11) is 0. The summed E-state index contributed by atoms with van der Waals surface area (Å²) in [4.78, 5) is 20.6. The second-order valence-electron chi connectivity index (χ2n) is 5.97. The first-order chi connectivity index (χ1) is 13.3. The van der Waals surface area contributed by atoms with Crippen molar-refractivity contribution >= 4 is 17.4 Å². The summed E-state index contributed by atoms with van der Waals surface area (Å²) in [5, 5.41) is 5.98. The minimum absolute atomic E-state index is 0.229. The molecule has 0 fully saturated rings. The number of nitrogens with one attached hydrogen (secondary N) is 2. The standard InChI is InChI=1S/C20H18N4O3/c25-20(21-9-8-14-4-2-1-3-5-14)16-11-23-19(12-22-16)24-15-6-7-17-18(10-15)27-13-26-17/h1-7,10-12H,8-9,13H2,(H,21,25)(H,23,24). The molecule has 0 spiro atoms. The van der Waals surface area contributed by atoms with Crippen LogP contribution in [0.2, 0.25) is 0 Å². The molecule has 2 heterocycles. The first-order valence-corrected chi connectivity index (χ1v) is 8.59. The maximum absolute atomic E-state index is 12.2. The highest BCUT2D eigenvalue weighted by atomic mass is 16.7. The number of anilines is 2. The lowest BCUT2D eigenvalue weighted by Gasteiger charge is -2.07. The van der Waals surface area contributed by atoms with Crippen LogP contribution in [0.25, 0.3) is 0 Å². The van der Waals surface area contributed by atoms with Crippen LogP contribution in [0, 0.1) is 0 Å². The Morgan fingerprint density at radius 1 is 1.00 bits per heavy atom. The zero-order valence-electron chi connectivity index (χ0n) is 14.5. The van der Waals surface area contributed by atoms with Gasteiger partial charge in [-0.15, -0.1) is 0 Å². The number of ether oxygens (including phenoxy) is 2. The van der Waals surface area contributed by atoms with Crippen molar-refractivity contribution in [1.82, 2.24) is 15.3 Å². The van der Waals surface area contributed by atoms with Gasteiger partial charge < -0.3 is 20.1 Å². The molecule has 27 heavy (non-hydrogen) atoms. The molecule has 0 aliphatic carbocycles. The number of carbonyl (C=O) groups excluding carboxylic acids is 1. The molecule has 1 amide bonds. The van der Waals surface area contributed by atoms with Gasteiger partial charge in [0.2, 0.25) is 6.79 Å². The van der Waals surface area contributed by atoms with E-state index in [1.165, 1.54) is 18.0 Å². The molecular weight excluding hydrogens is 344 g/mol. The molecule has 7 heteroatoms. The summed E-state index contributed by atoms with van der Waals surface area (Å²) >= 11 is 0. The Balaban J connectivity index is 1.32. The summed E-state index contributed by atoms with van der Waals surface area (Å²) < 4.78 is 10.6. The lowest BCUT2D eigenvalue weighted by molar-refractivity contribution is 0.0949. The third kappa shape index (κ3) is 4.14. The largest absolute Gasteiger partial charge is 0.454 e. The molecule has 7 nitrogen and oxygen atoms in total. The first kappa shape index (κ1) is 16.8. The van der Waals surface area contributed by atoms with Gasteiger partial charge in [-0.3, -0.25) is 4.79 Å². The third-order valence-electron chi connectivity index (χ3n) is 4.07. The van der Waals surface area contributed by atoms with Gasteiger partial charge in [0.15, 0.2) is 11.5 Å². The van der Waals surface area contributed by atoms with E-state index >= 15 is 0 Å². The number of aromatic nitrogens is 2. The molecule has 136 valence electrons. The van der Waals surface area contributed by atoms with Crippen molar-refractivity contribution in [3.63, 3.8) is 0 Å². The van der Waals surface area contributed by atoms with Crippen molar-refractivity contribution < 1.29 is 14.3 Å². The Morgan fingerprint density at radius 2 is 1.85 bits per heavy atom. The normalized spacial score (nSPS) is 11.9. The lowest BCUT2D eigenvalue weighted by Crippen LogP contribution is -2.26. The van der Waals surface area contributed by atoms with Crippen LogP contribution in [0.15, 0.2) is 60.9 Å². The fraction of sp³-hybridized carbons (Fsp3) is 0.150. The number of carbonyl (C=O) groups is 1. The van der Waals surface area contributed by atoms with Crippen LogP contribution in [0.4, 0.5) is 11.5 Å². The highest BCUT2D eigenvalue weighted by Crippen LogP contribution is 2.34. The number of nitrogens with zero attached hydrogens (tertiary/aromatic N) is 2. The summed E-state index contributed by atoms with van der Waals surface area (Å²) in [6, 6.07) is 15.5. The second kappa shape index (κ2) is 7.74. The maximum atomic E-state index is 12.2. The van der Waals surface area contributed by atoms with Crippen LogP contribution in [-0.4, -0.2) is 29.2 Å². The van der Waals surface area contributed by atoms with Gasteiger partial charge in [0, 0.05) is 18.3 Å². The van der Waals surface area contributed by atoms with E-state index in [9.17, 15) is 4.79 Å². The van der Waals surface area contributed by atoms with Gasteiger partial charge in [-0.05, 0) is 24.1 Å². The zero-order valence-corrected chi connectivity index (χ0v) is 14.5. The summed E-state index contributed by atoms with van der Waals surface area (Å²) in [6.45, 7) is 0.772. The number of hydrogen-bond donors (Lipinski definition) is 2. The van der Waals surface area contributed by atoms with E-state index in [2.05, 4.69) is 20.6 Å². The fourth-order valence-corrected chi connectivity index (χ4v) is 2.69. The quantitative estimate of drug-likeness (QED) is 0.701. The van der Waals surface area contributed by atoms with Crippen LogP contribution in [-0.2, 0) is 6.42 Å². The molecule has 1 aliphatic rings. The summed E-state index contributed by atoms with van der Waals surface area (Å²) in [5.74, 6) is 1.69. The molecule has 1 aromatic heterocycles. The number of hydrogen-bond acceptors (Lipinski definition) is 6. The predicted octanol–water partition coefficient (Wildman–Crippen LogP) is 2.92. The van der Waals surface area contributed by atoms with Gasteiger partial charge in [0.1, 0.15) is 11.5 Å². The third-order valence-corrected chi connectivity index (χ3v) is 4.07. The number of rotatable bonds is 6. The van der Waals surface area contributed by atoms with Crippen molar-refractivity contribution in [3.05, 3.63) is 72.2 Å². The molecule has 0 radical (unpaired) electrons. The molecule has 0 saturated carbocycles. The van der Waals surface area contributed by atoms with Crippen LogP contribution >= 0.6 is 0 Å². The van der Waals surface area contributed by atoms with E-state index in [0.717, 1.165) is 12.1 Å². The van der Waals surface area contributed by atoms with Gasteiger partial charge in [0.05, 0.1) is 12.4 Å². The molecule has 0 bridgehead atoms. The van der Waals surface area contributed by atoms with Crippen molar-refractivity contribution in [3.8, 4) is 11.5 Å². The maximum Gasteiger partial charge on any atom is 0.271 e. The highest BCUT2D eigenvalue weighted by Gasteiger charge is 2.13. The summed E-state index contributed by atoms with van der Waals surface area (Å²) in [6.07, 6.45) is 3.74. The zero-order chi connectivity index (χ0) is 18.5. The van der Waals surface area contributed by atoms with Crippen LogP contribution < -0.4 is 20.1 Å². The molecule has 2 N–H and O–H groups in total. The predicted molar refractivity (Wildman–Crippen MR) is 100 cm³/mol. The SMILES string of the molecule is O=C(NCCc1ccccc1)c1cnc(Nc2ccc3c(c2)OCO3)cn1. The Kier molecular flexibility index (Phi) is 4.82. The second-order valence-corrected chi connectivity index (χ2v) is 5.97. The highest BCUT2D eigenvalue weighted by molar-refractivity contribution is 5.92. The van der Waals surface area contributed by atoms with Crippen LogP contribution in [0.5, 0.6) is 11.5 Å². The Hall–Kier alpha value is -3.61.